The second kappa shape index (κ2) is 9.68. The zero-order valence-corrected chi connectivity index (χ0v) is 28.9. The Labute approximate surface area is 300 Å². The molecule has 3 heterocycles. The van der Waals surface area contributed by atoms with Gasteiger partial charge in [-0.2, -0.15) is 0 Å². The first-order chi connectivity index (χ1) is 25.6. The van der Waals surface area contributed by atoms with Crippen molar-refractivity contribution in [2.45, 2.75) is 63.2 Å². The number of benzene rings is 6. The fourth-order valence-corrected chi connectivity index (χ4v) is 11.8. The molecule has 250 valence electrons. The van der Waals surface area contributed by atoms with E-state index in [1.54, 1.807) is 0 Å². The van der Waals surface area contributed by atoms with Crippen LogP contribution in [-0.4, -0.2) is 20.5 Å². The van der Waals surface area contributed by atoms with Gasteiger partial charge in [0, 0.05) is 61.0 Å². The molecule has 4 heteroatoms. The van der Waals surface area contributed by atoms with Gasteiger partial charge in [0.05, 0.1) is 27.6 Å². The number of hydrogen-bond donors (Lipinski definition) is 0. The van der Waals surface area contributed by atoms with E-state index in [1.165, 1.54) is 70.8 Å². The maximum atomic E-state index is 14.2. The van der Waals surface area contributed by atoms with Crippen molar-refractivity contribution in [2.75, 3.05) is 0 Å². The Bertz CT molecular complexity index is 3070. The summed E-state index contributed by atoms with van der Waals surface area (Å²) in [6.45, 7) is 0. The third-order valence-corrected chi connectivity index (χ3v) is 14.1. The second-order valence-corrected chi connectivity index (χ2v) is 16.5. The Hall–Kier alpha value is -5.48. The van der Waals surface area contributed by atoms with Gasteiger partial charge in [0.25, 0.3) is 0 Å². The molecule has 6 aliphatic rings. The Morgan fingerprint density at radius 1 is 0.442 bits per heavy atom. The number of pyridine rings is 1. The molecule has 0 N–H and O–H groups in total. The van der Waals surface area contributed by atoms with Gasteiger partial charge in [-0.3, -0.25) is 9.59 Å². The van der Waals surface area contributed by atoms with E-state index in [0.717, 1.165) is 79.2 Å². The third kappa shape index (κ3) is 3.36. The first kappa shape index (κ1) is 28.1. The molecule has 9 aromatic rings. The summed E-state index contributed by atoms with van der Waals surface area (Å²) in [4.78, 5) is 28.3. The highest BCUT2D eigenvalue weighted by Crippen LogP contribution is 2.52. The monoisotopic (exact) mass is 672 g/mol. The van der Waals surface area contributed by atoms with Crippen LogP contribution in [0.15, 0.2) is 97.1 Å². The van der Waals surface area contributed by atoms with E-state index in [9.17, 15) is 9.59 Å². The van der Waals surface area contributed by atoms with Crippen molar-refractivity contribution in [1.29, 1.82) is 0 Å². The van der Waals surface area contributed by atoms with Crippen LogP contribution >= 0.6 is 0 Å². The third-order valence-electron chi connectivity index (χ3n) is 14.1. The van der Waals surface area contributed by atoms with Crippen molar-refractivity contribution in [3.8, 4) is 5.69 Å². The van der Waals surface area contributed by atoms with Crippen LogP contribution in [0.2, 0.25) is 0 Å². The topological polar surface area (TPSA) is 43.5 Å². The molecule has 0 unspecified atom stereocenters. The second-order valence-electron chi connectivity index (χ2n) is 16.5. The lowest BCUT2D eigenvalue weighted by Gasteiger charge is -2.22. The van der Waals surface area contributed by atoms with Gasteiger partial charge in [-0.25, -0.2) is 0 Å². The first-order valence-electron chi connectivity index (χ1n) is 19.5. The molecular weight excluding hydrogens is 637 g/mol. The van der Waals surface area contributed by atoms with Crippen molar-refractivity contribution in [2.24, 2.45) is 11.8 Å². The van der Waals surface area contributed by atoms with Gasteiger partial charge < -0.3 is 8.97 Å². The van der Waals surface area contributed by atoms with Crippen molar-refractivity contribution in [1.82, 2.24) is 8.97 Å². The Kier molecular flexibility index (Phi) is 5.24. The zero-order chi connectivity index (χ0) is 34.0. The average Bonchev–Trinajstić information content (AvgIpc) is 3.51. The molecule has 6 aromatic carbocycles. The lowest BCUT2D eigenvalue weighted by molar-refractivity contribution is 0.0891. The molecular formula is C48H36N2O2. The van der Waals surface area contributed by atoms with Gasteiger partial charge in [-0.15, -0.1) is 0 Å². The van der Waals surface area contributed by atoms with Crippen LogP contribution < -0.4 is 0 Å². The van der Waals surface area contributed by atoms with E-state index in [4.69, 9.17) is 0 Å². The average molecular weight is 673 g/mol. The summed E-state index contributed by atoms with van der Waals surface area (Å²) in [6, 6.07) is 36.0. The van der Waals surface area contributed by atoms with Gasteiger partial charge >= 0.3 is 0 Å². The molecule has 0 radical (unpaired) electrons. The maximum Gasteiger partial charge on any atom is 0.166 e. The number of carbonyl (C=O) groups is 2. The first-order valence-corrected chi connectivity index (χ1v) is 19.5. The molecule has 0 aliphatic heterocycles. The SMILES string of the molecule is O=C1c2cc3c(cc2C2CCC1CC2)c1cc2c(c4cccc5cccc(c54)n2-c2ccccc2)c2c4cc5c(cc4n3c12)C(=O)C1CCC5CC1. The summed E-state index contributed by atoms with van der Waals surface area (Å²) in [6.07, 6.45) is 8.34. The number of carbonyl (C=O) groups excluding carboxylic acids is 2. The number of para-hydroxylation sites is 1. The lowest BCUT2D eigenvalue weighted by atomic mass is 9.82. The number of aromatic nitrogens is 2. The van der Waals surface area contributed by atoms with Crippen LogP contribution in [0, 0.1) is 11.8 Å². The molecule has 2 fully saturated rings. The summed E-state index contributed by atoms with van der Waals surface area (Å²) >= 11 is 0. The largest absolute Gasteiger partial charge is 0.309 e. The molecule has 52 heavy (non-hydrogen) atoms. The molecule has 0 saturated heterocycles. The minimum atomic E-state index is 0.130. The summed E-state index contributed by atoms with van der Waals surface area (Å²) in [7, 11) is 0. The molecule has 0 amide bonds. The van der Waals surface area contributed by atoms with Crippen LogP contribution in [0.4, 0.5) is 0 Å². The highest BCUT2D eigenvalue weighted by Gasteiger charge is 2.38. The molecule has 3 aromatic heterocycles. The fourth-order valence-electron chi connectivity index (χ4n) is 11.8. The van der Waals surface area contributed by atoms with Crippen LogP contribution in [0.1, 0.15) is 95.0 Å². The van der Waals surface area contributed by atoms with Crippen LogP contribution in [0.25, 0.3) is 76.4 Å². The summed E-state index contributed by atoms with van der Waals surface area (Å²) in [5, 5.41) is 9.94. The summed E-state index contributed by atoms with van der Waals surface area (Å²) in [5.74, 6) is 1.78. The normalized spacial score (nSPS) is 22.8. The quantitative estimate of drug-likeness (QED) is 0.129. The smallest absolute Gasteiger partial charge is 0.166 e. The number of nitrogens with zero attached hydrogens (tertiary/aromatic N) is 2. The number of Topliss-reactive ketones (excluding diaryl/α,β-unsaturated/α-hetero) is 2. The predicted octanol–water partition coefficient (Wildman–Crippen LogP) is 12.0. The zero-order valence-electron chi connectivity index (χ0n) is 28.9. The van der Waals surface area contributed by atoms with Crippen LogP contribution in [-0.2, 0) is 0 Å². The minimum Gasteiger partial charge on any atom is -0.309 e. The minimum absolute atomic E-state index is 0.130. The van der Waals surface area contributed by atoms with Crippen LogP contribution in [0.3, 0.4) is 0 Å². The summed E-state index contributed by atoms with van der Waals surface area (Å²) < 4.78 is 4.93. The summed E-state index contributed by atoms with van der Waals surface area (Å²) in [5.41, 5.74) is 11.3. The van der Waals surface area contributed by atoms with Gasteiger partial charge in [0.15, 0.2) is 11.6 Å². The highest BCUT2D eigenvalue weighted by molar-refractivity contribution is 6.37. The van der Waals surface area contributed by atoms with E-state index < -0.39 is 0 Å². The highest BCUT2D eigenvalue weighted by atomic mass is 16.1. The van der Waals surface area contributed by atoms with E-state index in [-0.39, 0.29) is 11.8 Å². The van der Waals surface area contributed by atoms with E-state index in [2.05, 4.69) is 106 Å². The molecule has 2 saturated carbocycles. The van der Waals surface area contributed by atoms with E-state index in [1.807, 2.05) is 0 Å². The van der Waals surface area contributed by atoms with Crippen LogP contribution in [0.5, 0.6) is 0 Å². The van der Waals surface area contributed by atoms with Gasteiger partial charge in [-0.1, -0.05) is 48.5 Å². The Balaban J connectivity index is 1.31. The van der Waals surface area contributed by atoms with E-state index >= 15 is 0 Å². The molecule has 15 rings (SSSR count). The van der Waals surface area contributed by atoms with Gasteiger partial charge in [0.2, 0.25) is 0 Å². The van der Waals surface area contributed by atoms with Crippen molar-refractivity contribution in [3.05, 3.63) is 119 Å². The Morgan fingerprint density at radius 3 is 1.71 bits per heavy atom. The number of fused-ring (bicyclic) bond motifs is 13. The Morgan fingerprint density at radius 2 is 1.04 bits per heavy atom. The van der Waals surface area contributed by atoms with Crippen molar-refractivity contribution < 1.29 is 9.59 Å². The van der Waals surface area contributed by atoms with Crippen molar-refractivity contribution >= 4 is 82.2 Å². The standard InChI is InChI=1S/C48H36N2O2/c51-47-28-16-12-25(13-17-28)32-20-34-35-22-42-44(31-10-4-6-27-7-5-11-39(43(27)31)49(42)30-8-2-1-3-9-30)45-38-21-33-26-14-18-29(19-15-26)48(52)37(33)24-41(38)50(46(35)45)40(34)23-36(32)47/h1-11,20-26,28-29H,12-19H2. The van der Waals surface area contributed by atoms with Gasteiger partial charge in [0.1, 0.15) is 0 Å². The van der Waals surface area contributed by atoms with Gasteiger partial charge in [-0.05, 0) is 134 Å². The molecule has 0 spiro atoms. The number of rotatable bonds is 1. The lowest BCUT2D eigenvalue weighted by Crippen LogP contribution is -2.15. The molecule has 4 bridgehead atoms. The fraction of sp³-hybridized carbons (Fsp3) is 0.250. The maximum absolute atomic E-state index is 14.2. The number of hydrogen-bond acceptors (Lipinski definition) is 2. The van der Waals surface area contributed by atoms with Crippen molar-refractivity contribution in [3.63, 3.8) is 0 Å². The molecule has 4 nitrogen and oxygen atoms in total. The predicted molar refractivity (Wildman–Crippen MR) is 211 cm³/mol. The molecule has 6 aliphatic carbocycles. The molecule has 0 atom stereocenters. The van der Waals surface area contributed by atoms with E-state index in [0.29, 0.717) is 23.4 Å². The number of ketones is 2.